The Kier molecular flexibility index (Phi) is 3.32. The normalized spacial score (nSPS) is 21.2. The van der Waals surface area contributed by atoms with Crippen LogP contribution in [0.1, 0.15) is 25.7 Å². The van der Waals surface area contributed by atoms with E-state index in [-0.39, 0.29) is 11.7 Å². The Balaban J connectivity index is 2.58. The van der Waals surface area contributed by atoms with Gasteiger partial charge in [0.05, 0.1) is 17.7 Å². The second kappa shape index (κ2) is 4.10. The van der Waals surface area contributed by atoms with Gasteiger partial charge in [0, 0.05) is 6.26 Å². The van der Waals surface area contributed by atoms with Crippen molar-refractivity contribution in [2.75, 3.05) is 12.0 Å². The van der Waals surface area contributed by atoms with Crippen LogP contribution in [0.4, 0.5) is 0 Å². The molecule has 1 saturated carbocycles. The lowest BCUT2D eigenvalue weighted by atomic mass is 9.94. The van der Waals surface area contributed by atoms with Crippen molar-refractivity contribution in [1.29, 1.82) is 5.26 Å². The van der Waals surface area contributed by atoms with Gasteiger partial charge < -0.3 is 0 Å². The smallest absolute Gasteiger partial charge is 0.148 e. The van der Waals surface area contributed by atoms with Crippen LogP contribution in [0.2, 0.25) is 0 Å². The molecule has 0 radical (unpaired) electrons. The Bertz CT molecular complexity index is 296. The molecule has 13 heavy (non-hydrogen) atoms. The highest BCUT2D eigenvalue weighted by atomic mass is 32.2. The third-order valence-electron chi connectivity index (χ3n) is 2.62. The maximum atomic E-state index is 11.0. The van der Waals surface area contributed by atoms with Gasteiger partial charge in [-0.1, -0.05) is 12.8 Å². The summed E-state index contributed by atoms with van der Waals surface area (Å²) in [7, 11) is -3.00. The van der Waals surface area contributed by atoms with Crippen molar-refractivity contribution >= 4 is 9.84 Å². The second-order valence-electron chi connectivity index (χ2n) is 3.87. The summed E-state index contributed by atoms with van der Waals surface area (Å²) in [4.78, 5) is 0. The summed E-state index contributed by atoms with van der Waals surface area (Å²) in [6.07, 6.45) is 5.53. The summed E-state index contributed by atoms with van der Waals surface area (Å²) in [5.74, 6) is 0.0750. The van der Waals surface area contributed by atoms with E-state index in [4.69, 9.17) is 5.26 Å². The number of sulfone groups is 1. The van der Waals surface area contributed by atoms with Gasteiger partial charge in [-0.05, 0) is 18.8 Å². The summed E-state index contributed by atoms with van der Waals surface area (Å²) in [6.45, 7) is 0. The van der Waals surface area contributed by atoms with Crippen LogP contribution in [0, 0.1) is 23.2 Å². The van der Waals surface area contributed by atoms with Crippen LogP contribution in [0.25, 0.3) is 0 Å². The molecule has 0 N–H and O–H groups in total. The molecule has 74 valence electrons. The minimum atomic E-state index is -3.00. The van der Waals surface area contributed by atoms with Crippen LogP contribution in [-0.2, 0) is 9.84 Å². The van der Waals surface area contributed by atoms with Gasteiger partial charge in [-0.25, -0.2) is 8.42 Å². The summed E-state index contributed by atoms with van der Waals surface area (Å²) in [5, 5.41) is 8.84. The minimum absolute atomic E-state index is 0.0359. The molecule has 1 rings (SSSR count). The maximum Gasteiger partial charge on any atom is 0.148 e. The molecule has 0 aromatic heterocycles. The topological polar surface area (TPSA) is 57.9 Å². The lowest BCUT2D eigenvalue weighted by Gasteiger charge is -2.14. The van der Waals surface area contributed by atoms with Gasteiger partial charge in [-0.15, -0.1) is 0 Å². The fourth-order valence-corrected chi connectivity index (χ4v) is 2.96. The Labute approximate surface area is 79.7 Å². The average Bonchev–Trinajstić information content (AvgIpc) is 2.50. The van der Waals surface area contributed by atoms with Crippen molar-refractivity contribution in [3.63, 3.8) is 0 Å². The molecule has 0 amide bonds. The predicted molar refractivity (Wildman–Crippen MR) is 50.8 cm³/mol. The highest BCUT2D eigenvalue weighted by Crippen LogP contribution is 2.31. The lowest BCUT2D eigenvalue weighted by Crippen LogP contribution is -2.20. The third-order valence-corrected chi connectivity index (χ3v) is 3.58. The van der Waals surface area contributed by atoms with Crippen LogP contribution in [0.15, 0.2) is 0 Å². The Hall–Kier alpha value is -0.560. The first-order valence-electron chi connectivity index (χ1n) is 4.60. The molecule has 0 spiro atoms. The first-order chi connectivity index (χ1) is 6.03. The number of nitrogens with zero attached hydrogens (tertiary/aromatic N) is 1. The van der Waals surface area contributed by atoms with E-state index in [1.807, 2.05) is 0 Å². The van der Waals surface area contributed by atoms with Crippen molar-refractivity contribution in [2.45, 2.75) is 25.7 Å². The number of hydrogen-bond acceptors (Lipinski definition) is 3. The van der Waals surface area contributed by atoms with Gasteiger partial charge >= 0.3 is 0 Å². The summed E-state index contributed by atoms with van der Waals surface area (Å²) in [6, 6.07) is 2.12. The molecule has 1 fully saturated rings. The zero-order valence-electron chi connectivity index (χ0n) is 7.86. The van der Waals surface area contributed by atoms with Crippen LogP contribution < -0.4 is 0 Å². The second-order valence-corrected chi connectivity index (χ2v) is 6.06. The predicted octanol–water partition coefficient (Wildman–Crippen LogP) is 1.36. The van der Waals surface area contributed by atoms with Gasteiger partial charge in [0.2, 0.25) is 0 Å². The van der Waals surface area contributed by atoms with Gasteiger partial charge in [0.15, 0.2) is 0 Å². The van der Waals surface area contributed by atoms with E-state index in [0.29, 0.717) is 5.92 Å². The fourth-order valence-electron chi connectivity index (χ4n) is 1.96. The van der Waals surface area contributed by atoms with Gasteiger partial charge in [-0.3, -0.25) is 0 Å². The third kappa shape index (κ3) is 3.35. The van der Waals surface area contributed by atoms with Crippen molar-refractivity contribution in [3.05, 3.63) is 0 Å². The number of hydrogen-bond donors (Lipinski definition) is 0. The van der Waals surface area contributed by atoms with Crippen LogP contribution in [0.3, 0.4) is 0 Å². The SMILES string of the molecule is CS(=O)(=O)CC(C#N)C1CCCC1. The molecular formula is C9H15NO2S. The average molecular weight is 201 g/mol. The summed E-state index contributed by atoms with van der Waals surface area (Å²) < 4.78 is 22.0. The van der Waals surface area contributed by atoms with Crippen LogP contribution in [0.5, 0.6) is 0 Å². The maximum absolute atomic E-state index is 11.0. The molecule has 0 aromatic rings. The highest BCUT2D eigenvalue weighted by Gasteiger charge is 2.27. The molecule has 0 aliphatic heterocycles. The Morgan fingerprint density at radius 3 is 2.38 bits per heavy atom. The Morgan fingerprint density at radius 1 is 1.46 bits per heavy atom. The van der Waals surface area contributed by atoms with E-state index < -0.39 is 9.84 Å². The van der Waals surface area contributed by atoms with E-state index >= 15 is 0 Å². The standard InChI is InChI=1S/C9H15NO2S/c1-13(11,12)7-9(6-10)8-4-2-3-5-8/h8-9H,2-5,7H2,1H3. The van der Waals surface area contributed by atoms with Gasteiger partial charge in [-0.2, -0.15) is 5.26 Å². The first kappa shape index (κ1) is 10.5. The van der Waals surface area contributed by atoms with Crippen molar-refractivity contribution in [3.8, 4) is 6.07 Å². The van der Waals surface area contributed by atoms with Crippen LogP contribution >= 0.6 is 0 Å². The lowest BCUT2D eigenvalue weighted by molar-refractivity contribution is 0.441. The van der Waals surface area contributed by atoms with E-state index in [1.54, 1.807) is 0 Å². The van der Waals surface area contributed by atoms with Crippen LogP contribution in [-0.4, -0.2) is 20.4 Å². The summed E-state index contributed by atoms with van der Waals surface area (Å²) in [5.41, 5.74) is 0. The quantitative estimate of drug-likeness (QED) is 0.692. The molecule has 1 aliphatic rings. The molecule has 1 aliphatic carbocycles. The molecule has 0 heterocycles. The first-order valence-corrected chi connectivity index (χ1v) is 6.66. The van der Waals surface area contributed by atoms with Crippen molar-refractivity contribution in [2.24, 2.45) is 11.8 Å². The molecule has 0 aromatic carbocycles. The van der Waals surface area contributed by atoms with E-state index in [0.717, 1.165) is 25.7 Å². The zero-order valence-corrected chi connectivity index (χ0v) is 8.68. The van der Waals surface area contributed by atoms with E-state index in [2.05, 4.69) is 6.07 Å². The molecule has 4 heteroatoms. The largest absolute Gasteiger partial charge is 0.229 e. The fraction of sp³-hybridized carbons (Fsp3) is 0.889. The monoisotopic (exact) mass is 201 g/mol. The highest BCUT2D eigenvalue weighted by molar-refractivity contribution is 7.90. The molecule has 1 unspecified atom stereocenters. The Morgan fingerprint density at radius 2 is 2.00 bits per heavy atom. The molecular weight excluding hydrogens is 186 g/mol. The summed E-state index contributed by atoms with van der Waals surface area (Å²) >= 11 is 0. The molecule has 1 atom stereocenters. The van der Waals surface area contributed by atoms with E-state index in [1.165, 1.54) is 6.26 Å². The van der Waals surface area contributed by atoms with Crippen molar-refractivity contribution < 1.29 is 8.42 Å². The van der Waals surface area contributed by atoms with Crippen molar-refractivity contribution in [1.82, 2.24) is 0 Å². The number of nitriles is 1. The molecule has 3 nitrogen and oxygen atoms in total. The van der Waals surface area contributed by atoms with Gasteiger partial charge in [0.25, 0.3) is 0 Å². The molecule has 0 saturated heterocycles. The van der Waals surface area contributed by atoms with E-state index in [9.17, 15) is 8.42 Å². The number of rotatable bonds is 3. The molecule has 0 bridgehead atoms. The minimum Gasteiger partial charge on any atom is -0.229 e. The zero-order chi connectivity index (χ0) is 9.90. The van der Waals surface area contributed by atoms with Gasteiger partial charge in [0.1, 0.15) is 9.84 Å².